The second kappa shape index (κ2) is 4.96. The molecule has 2 rings (SSSR count). The summed E-state index contributed by atoms with van der Waals surface area (Å²) in [5.74, 6) is 0.793. The van der Waals surface area contributed by atoms with Crippen LogP contribution in [0.1, 0.15) is 38.5 Å². The number of aromatic nitrogens is 2. The Morgan fingerprint density at radius 3 is 2.67 bits per heavy atom. The molecule has 82 valence electrons. The van der Waals surface area contributed by atoms with Gasteiger partial charge in [-0.15, -0.1) is 0 Å². The van der Waals surface area contributed by atoms with E-state index in [4.69, 9.17) is 0 Å². The lowest BCUT2D eigenvalue weighted by Crippen LogP contribution is -2.21. The van der Waals surface area contributed by atoms with E-state index in [1.54, 1.807) is 0 Å². The molecule has 4 nitrogen and oxygen atoms in total. The van der Waals surface area contributed by atoms with Gasteiger partial charge in [0.15, 0.2) is 0 Å². The van der Waals surface area contributed by atoms with Crippen molar-refractivity contribution >= 4 is 5.82 Å². The van der Waals surface area contributed by atoms with Gasteiger partial charge in [0.25, 0.3) is 0 Å². The van der Waals surface area contributed by atoms with Gasteiger partial charge in [-0.3, -0.25) is 4.98 Å². The molecule has 1 saturated carbocycles. The molecule has 0 spiro atoms. The molecule has 0 radical (unpaired) electrons. The van der Waals surface area contributed by atoms with Gasteiger partial charge < -0.3 is 5.32 Å². The highest BCUT2D eigenvalue weighted by atomic mass is 16.1. The third-order valence-electron chi connectivity index (χ3n) is 2.89. The molecule has 0 aliphatic heterocycles. The maximum atomic E-state index is 11.0. The first-order chi connectivity index (χ1) is 7.34. The fraction of sp³-hybridized carbons (Fsp3) is 0.636. The summed E-state index contributed by atoms with van der Waals surface area (Å²) in [4.78, 5) is 17.3. The fourth-order valence-corrected chi connectivity index (χ4v) is 2.10. The van der Waals surface area contributed by atoms with E-state index in [1.165, 1.54) is 44.7 Å². The minimum absolute atomic E-state index is 0.284. The van der Waals surface area contributed by atoms with Gasteiger partial charge >= 0.3 is 5.69 Å². The first-order valence-electron chi connectivity index (χ1n) is 5.66. The lowest BCUT2D eigenvalue weighted by atomic mass is 10.1. The molecule has 0 amide bonds. The Hall–Kier alpha value is -1.32. The van der Waals surface area contributed by atoms with Crippen LogP contribution in [0.4, 0.5) is 5.82 Å². The molecule has 2 N–H and O–H groups in total. The van der Waals surface area contributed by atoms with Crippen LogP contribution in [0.3, 0.4) is 0 Å². The second-order valence-electron chi connectivity index (χ2n) is 4.12. The lowest BCUT2D eigenvalue weighted by molar-refractivity contribution is 0.617. The van der Waals surface area contributed by atoms with E-state index < -0.39 is 0 Å². The smallest absolute Gasteiger partial charge is 0.346 e. The van der Waals surface area contributed by atoms with Crippen molar-refractivity contribution < 1.29 is 0 Å². The highest BCUT2D eigenvalue weighted by Crippen LogP contribution is 2.19. The highest BCUT2D eigenvalue weighted by Gasteiger charge is 2.11. The average molecular weight is 207 g/mol. The van der Waals surface area contributed by atoms with Gasteiger partial charge in [-0.05, 0) is 18.9 Å². The van der Waals surface area contributed by atoms with Gasteiger partial charge in [0.1, 0.15) is 5.82 Å². The molecule has 0 unspecified atom stereocenters. The third-order valence-corrected chi connectivity index (χ3v) is 2.89. The van der Waals surface area contributed by atoms with E-state index in [9.17, 15) is 4.79 Å². The van der Waals surface area contributed by atoms with Crippen LogP contribution in [-0.4, -0.2) is 16.0 Å². The first-order valence-corrected chi connectivity index (χ1v) is 5.66. The average Bonchev–Trinajstić information content (AvgIpc) is 2.46. The van der Waals surface area contributed by atoms with Crippen LogP contribution in [0.15, 0.2) is 17.1 Å². The monoisotopic (exact) mass is 207 g/mol. The van der Waals surface area contributed by atoms with Crippen molar-refractivity contribution in [3.8, 4) is 0 Å². The Kier molecular flexibility index (Phi) is 3.37. The Balaban J connectivity index is 1.98. The number of anilines is 1. The first kappa shape index (κ1) is 10.2. The molecular formula is C11H17N3O. The number of nitrogens with zero attached hydrogens (tertiary/aromatic N) is 1. The van der Waals surface area contributed by atoms with Crippen LogP contribution >= 0.6 is 0 Å². The van der Waals surface area contributed by atoms with Gasteiger partial charge in [-0.25, -0.2) is 9.78 Å². The van der Waals surface area contributed by atoms with E-state index >= 15 is 0 Å². The molecule has 0 atom stereocenters. The molecule has 0 aromatic carbocycles. The molecule has 1 aromatic rings. The number of hydrogen-bond donors (Lipinski definition) is 2. The minimum atomic E-state index is -0.284. The molecule has 1 aliphatic carbocycles. The fourth-order valence-electron chi connectivity index (χ4n) is 2.10. The topological polar surface area (TPSA) is 57.8 Å². The molecular weight excluding hydrogens is 190 g/mol. The summed E-state index contributed by atoms with van der Waals surface area (Å²) in [6, 6.07) is 2.32. The molecule has 4 heteroatoms. The summed E-state index contributed by atoms with van der Waals surface area (Å²) < 4.78 is 0. The number of H-pyrrole nitrogens is 1. The predicted molar refractivity (Wildman–Crippen MR) is 60.0 cm³/mol. The van der Waals surface area contributed by atoms with E-state index in [-0.39, 0.29) is 5.69 Å². The maximum absolute atomic E-state index is 11.0. The number of rotatable bonds is 2. The second-order valence-corrected chi connectivity index (χ2v) is 4.12. The molecule has 1 aromatic heterocycles. The van der Waals surface area contributed by atoms with E-state index in [0.29, 0.717) is 6.04 Å². The summed E-state index contributed by atoms with van der Waals surface area (Å²) >= 11 is 0. The van der Waals surface area contributed by atoms with Crippen molar-refractivity contribution in [2.24, 2.45) is 0 Å². The Bertz CT molecular complexity index is 353. The Morgan fingerprint density at radius 1 is 1.27 bits per heavy atom. The quantitative estimate of drug-likeness (QED) is 0.728. The van der Waals surface area contributed by atoms with Gasteiger partial charge in [-0.2, -0.15) is 0 Å². The molecule has 0 bridgehead atoms. The Morgan fingerprint density at radius 2 is 2.00 bits per heavy atom. The molecule has 0 saturated heterocycles. The normalized spacial score (nSPS) is 18.4. The summed E-state index contributed by atoms with van der Waals surface area (Å²) in [6.45, 7) is 0. The minimum Gasteiger partial charge on any atom is -0.369 e. The zero-order valence-corrected chi connectivity index (χ0v) is 8.83. The Labute approximate surface area is 89.1 Å². The van der Waals surface area contributed by atoms with Crippen molar-refractivity contribution in [2.45, 2.75) is 44.6 Å². The summed E-state index contributed by atoms with van der Waals surface area (Å²) in [6.07, 6.45) is 9.18. The van der Waals surface area contributed by atoms with Crippen LogP contribution in [0.2, 0.25) is 0 Å². The van der Waals surface area contributed by atoms with Gasteiger partial charge in [0.2, 0.25) is 0 Å². The van der Waals surface area contributed by atoms with Crippen LogP contribution in [0.25, 0.3) is 0 Å². The lowest BCUT2D eigenvalue weighted by Gasteiger charge is -2.16. The predicted octanol–water partition coefficient (Wildman–Crippen LogP) is 1.90. The van der Waals surface area contributed by atoms with Crippen molar-refractivity contribution in [3.63, 3.8) is 0 Å². The van der Waals surface area contributed by atoms with Crippen molar-refractivity contribution in [1.82, 2.24) is 9.97 Å². The van der Waals surface area contributed by atoms with Crippen LogP contribution in [0.5, 0.6) is 0 Å². The summed E-state index contributed by atoms with van der Waals surface area (Å²) in [7, 11) is 0. The molecule has 1 aliphatic rings. The van der Waals surface area contributed by atoms with Crippen molar-refractivity contribution in [1.29, 1.82) is 0 Å². The van der Waals surface area contributed by atoms with Crippen molar-refractivity contribution in [2.75, 3.05) is 5.32 Å². The number of nitrogens with one attached hydrogen (secondary N) is 2. The molecule has 1 fully saturated rings. The number of aromatic amines is 1. The van der Waals surface area contributed by atoms with Crippen molar-refractivity contribution in [3.05, 3.63) is 22.7 Å². The van der Waals surface area contributed by atoms with Gasteiger partial charge in [0, 0.05) is 12.2 Å². The van der Waals surface area contributed by atoms with Crippen LogP contribution in [0, 0.1) is 0 Å². The maximum Gasteiger partial charge on any atom is 0.346 e. The third kappa shape index (κ3) is 3.08. The number of hydrogen-bond acceptors (Lipinski definition) is 3. The van der Waals surface area contributed by atoms with Gasteiger partial charge in [-0.1, -0.05) is 25.7 Å². The van der Waals surface area contributed by atoms with E-state index in [0.717, 1.165) is 5.82 Å². The highest BCUT2D eigenvalue weighted by molar-refractivity contribution is 5.32. The van der Waals surface area contributed by atoms with E-state index in [2.05, 4.69) is 15.3 Å². The summed E-state index contributed by atoms with van der Waals surface area (Å²) in [5.41, 5.74) is -0.284. The van der Waals surface area contributed by atoms with Crippen LogP contribution < -0.4 is 11.0 Å². The standard InChI is InChI=1S/C11H17N3O/c15-11-12-8-7-10(14-11)13-9-5-3-1-2-4-6-9/h7-9H,1-6H2,(H2,12,13,14,15). The molecule has 1 heterocycles. The van der Waals surface area contributed by atoms with Gasteiger partial charge in [0.05, 0.1) is 0 Å². The molecule has 15 heavy (non-hydrogen) atoms. The SMILES string of the molecule is O=c1nccc(NC2CCCCCC2)[nH]1. The van der Waals surface area contributed by atoms with E-state index in [1.807, 2.05) is 6.07 Å². The zero-order valence-electron chi connectivity index (χ0n) is 8.83. The zero-order chi connectivity index (χ0) is 10.5. The summed E-state index contributed by atoms with van der Waals surface area (Å²) in [5, 5.41) is 3.37. The largest absolute Gasteiger partial charge is 0.369 e. The van der Waals surface area contributed by atoms with Crippen LogP contribution in [-0.2, 0) is 0 Å².